The number of ether oxygens (including phenoxy) is 2. The average Bonchev–Trinajstić information content (AvgIpc) is 2.40. The van der Waals surface area contributed by atoms with Crippen molar-refractivity contribution in [2.75, 3.05) is 26.9 Å². The van der Waals surface area contributed by atoms with Gasteiger partial charge in [0.25, 0.3) is 0 Å². The van der Waals surface area contributed by atoms with E-state index in [0.29, 0.717) is 5.41 Å². The molecule has 0 saturated carbocycles. The summed E-state index contributed by atoms with van der Waals surface area (Å²) in [6, 6.07) is 8.22. The first kappa shape index (κ1) is 13.4. The minimum absolute atomic E-state index is 0.386. The normalized spacial score (nSPS) is 18.6. The summed E-state index contributed by atoms with van der Waals surface area (Å²) in [6.07, 6.45) is 2.30. The van der Waals surface area contributed by atoms with Crippen molar-refractivity contribution in [3.63, 3.8) is 0 Å². The molecule has 1 N–H and O–H groups in total. The maximum Gasteiger partial charge on any atom is 0.119 e. The van der Waals surface area contributed by atoms with E-state index in [9.17, 15) is 0 Å². The number of rotatable bonds is 5. The van der Waals surface area contributed by atoms with Crippen molar-refractivity contribution >= 4 is 0 Å². The Kier molecular flexibility index (Phi) is 4.61. The molecule has 3 nitrogen and oxygen atoms in total. The highest BCUT2D eigenvalue weighted by molar-refractivity contribution is 5.28. The lowest BCUT2D eigenvalue weighted by Crippen LogP contribution is -2.36. The van der Waals surface area contributed by atoms with Crippen molar-refractivity contribution in [3.05, 3.63) is 29.8 Å². The highest BCUT2D eigenvalue weighted by Gasteiger charge is 2.26. The number of benzene rings is 1. The van der Waals surface area contributed by atoms with E-state index >= 15 is 0 Å². The summed E-state index contributed by atoms with van der Waals surface area (Å²) in [4.78, 5) is 0. The number of nitrogens with one attached hydrogen (secondary N) is 1. The lowest BCUT2D eigenvalue weighted by Gasteiger charge is -2.33. The fraction of sp³-hybridized carbons (Fsp3) is 0.600. The van der Waals surface area contributed by atoms with Gasteiger partial charge in [0.2, 0.25) is 0 Å². The SMILES string of the molecule is COc1cccc(CNCC2(C)CCOCC2)c1. The highest BCUT2D eigenvalue weighted by Crippen LogP contribution is 2.28. The molecule has 0 aromatic heterocycles. The van der Waals surface area contributed by atoms with Gasteiger partial charge < -0.3 is 14.8 Å². The third-order valence-electron chi connectivity index (χ3n) is 3.71. The molecular weight excluding hydrogens is 226 g/mol. The fourth-order valence-corrected chi connectivity index (χ4v) is 2.33. The molecule has 2 rings (SSSR count). The molecule has 1 aromatic rings. The van der Waals surface area contributed by atoms with Crippen molar-refractivity contribution in [1.82, 2.24) is 5.32 Å². The molecule has 0 aliphatic carbocycles. The van der Waals surface area contributed by atoms with Gasteiger partial charge in [-0.05, 0) is 36.0 Å². The Hall–Kier alpha value is -1.06. The second kappa shape index (κ2) is 6.21. The Bertz CT molecular complexity index is 373. The van der Waals surface area contributed by atoms with E-state index in [1.165, 1.54) is 5.56 Å². The summed E-state index contributed by atoms with van der Waals surface area (Å²) in [5.41, 5.74) is 1.65. The van der Waals surface area contributed by atoms with Crippen LogP contribution in [0.25, 0.3) is 0 Å². The van der Waals surface area contributed by atoms with Gasteiger partial charge in [-0.3, -0.25) is 0 Å². The Morgan fingerprint density at radius 2 is 2.11 bits per heavy atom. The first-order valence-electron chi connectivity index (χ1n) is 6.63. The Labute approximate surface area is 109 Å². The van der Waals surface area contributed by atoms with Gasteiger partial charge in [0.1, 0.15) is 5.75 Å². The molecule has 1 aliphatic rings. The molecule has 18 heavy (non-hydrogen) atoms. The molecular formula is C15H23NO2. The monoisotopic (exact) mass is 249 g/mol. The van der Waals surface area contributed by atoms with Gasteiger partial charge in [0.15, 0.2) is 0 Å². The summed E-state index contributed by atoms with van der Waals surface area (Å²) in [5, 5.41) is 3.55. The lowest BCUT2D eigenvalue weighted by molar-refractivity contribution is 0.0240. The zero-order valence-electron chi connectivity index (χ0n) is 11.4. The molecule has 0 amide bonds. The Morgan fingerprint density at radius 1 is 1.33 bits per heavy atom. The number of hydrogen-bond acceptors (Lipinski definition) is 3. The minimum Gasteiger partial charge on any atom is -0.497 e. The molecule has 1 fully saturated rings. The maximum atomic E-state index is 5.42. The van der Waals surface area contributed by atoms with Gasteiger partial charge >= 0.3 is 0 Å². The van der Waals surface area contributed by atoms with Crippen molar-refractivity contribution in [2.45, 2.75) is 26.3 Å². The van der Waals surface area contributed by atoms with Crippen molar-refractivity contribution in [1.29, 1.82) is 0 Å². The van der Waals surface area contributed by atoms with Gasteiger partial charge in [-0.1, -0.05) is 19.1 Å². The van der Waals surface area contributed by atoms with E-state index in [-0.39, 0.29) is 0 Å². The smallest absolute Gasteiger partial charge is 0.119 e. The molecule has 1 aromatic carbocycles. The summed E-state index contributed by atoms with van der Waals surface area (Å²) >= 11 is 0. The van der Waals surface area contributed by atoms with Gasteiger partial charge in [0, 0.05) is 26.3 Å². The van der Waals surface area contributed by atoms with E-state index in [2.05, 4.69) is 24.4 Å². The van der Waals surface area contributed by atoms with Crippen LogP contribution in [0.15, 0.2) is 24.3 Å². The Balaban J connectivity index is 1.80. The minimum atomic E-state index is 0.386. The third-order valence-corrected chi connectivity index (χ3v) is 3.71. The van der Waals surface area contributed by atoms with Crippen LogP contribution in [0.3, 0.4) is 0 Å². The topological polar surface area (TPSA) is 30.5 Å². The molecule has 1 heterocycles. The van der Waals surface area contributed by atoms with Gasteiger partial charge in [-0.25, -0.2) is 0 Å². The van der Waals surface area contributed by atoms with Crippen LogP contribution < -0.4 is 10.1 Å². The first-order chi connectivity index (χ1) is 8.72. The van der Waals surface area contributed by atoms with Crippen LogP contribution in [0.1, 0.15) is 25.3 Å². The molecule has 100 valence electrons. The van der Waals surface area contributed by atoms with E-state index in [4.69, 9.17) is 9.47 Å². The quantitative estimate of drug-likeness (QED) is 0.870. The van der Waals surface area contributed by atoms with E-state index in [0.717, 1.165) is 44.9 Å². The summed E-state index contributed by atoms with van der Waals surface area (Å²) in [5.74, 6) is 0.923. The van der Waals surface area contributed by atoms with Gasteiger partial charge in [-0.15, -0.1) is 0 Å². The van der Waals surface area contributed by atoms with Crippen LogP contribution in [0, 0.1) is 5.41 Å². The molecule has 1 saturated heterocycles. The van der Waals surface area contributed by atoms with Crippen LogP contribution in [0.5, 0.6) is 5.75 Å². The average molecular weight is 249 g/mol. The fourth-order valence-electron chi connectivity index (χ4n) is 2.33. The summed E-state index contributed by atoms with van der Waals surface area (Å²) < 4.78 is 10.6. The third kappa shape index (κ3) is 3.72. The second-order valence-corrected chi connectivity index (χ2v) is 5.38. The van der Waals surface area contributed by atoms with Crippen LogP contribution >= 0.6 is 0 Å². The Morgan fingerprint density at radius 3 is 2.83 bits per heavy atom. The van der Waals surface area contributed by atoms with Crippen LogP contribution in [0.2, 0.25) is 0 Å². The highest BCUT2D eigenvalue weighted by atomic mass is 16.5. The van der Waals surface area contributed by atoms with Crippen molar-refractivity contribution in [3.8, 4) is 5.75 Å². The standard InChI is InChI=1S/C15H23NO2/c1-15(6-8-18-9-7-15)12-16-11-13-4-3-5-14(10-13)17-2/h3-5,10,16H,6-9,11-12H2,1-2H3. The van der Waals surface area contributed by atoms with Gasteiger partial charge in [0.05, 0.1) is 7.11 Å². The van der Waals surface area contributed by atoms with Crippen LogP contribution in [-0.2, 0) is 11.3 Å². The van der Waals surface area contributed by atoms with E-state index in [1.807, 2.05) is 12.1 Å². The zero-order valence-corrected chi connectivity index (χ0v) is 11.4. The molecule has 0 unspecified atom stereocenters. The van der Waals surface area contributed by atoms with Gasteiger partial charge in [-0.2, -0.15) is 0 Å². The van der Waals surface area contributed by atoms with Crippen LogP contribution in [-0.4, -0.2) is 26.9 Å². The van der Waals surface area contributed by atoms with Crippen molar-refractivity contribution in [2.24, 2.45) is 5.41 Å². The first-order valence-corrected chi connectivity index (χ1v) is 6.63. The lowest BCUT2D eigenvalue weighted by atomic mass is 9.82. The van der Waals surface area contributed by atoms with E-state index in [1.54, 1.807) is 7.11 Å². The molecule has 0 spiro atoms. The summed E-state index contributed by atoms with van der Waals surface area (Å²) in [6.45, 7) is 6.09. The largest absolute Gasteiger partial charge is 0.497 e. The maximum absolute atomic E-state index is 5.42. The van der Waals surface area contributed by atoms with Crippen LogP contribution in [0.4, 0.5) is 0 Å². The zero-order chi connectivity index (χ0) is 12.8. The molecule has 0 bridgehead atoms. The summed E-state index contributed by atoms with van der Waals surface area (Å²) in [7, 11) is 1.70. The van der Waals surface area contributed by atoms with Crippen molar-refractivity contribution < 1.29 is 9.47 Å². The molecule has 0 radical (unpaired) electrons. The second-order valence-electron chi connectivity index (χ2n) is 5.38. The predicted molar refractivity (Wildman–Crippen MR) is 72.9 cm³/mol. The molecule has 3 heteroatoms. The molecule has 1 aliphatic heterocycles. The molecule has 0 atom stereocenters. The predicted octanol–water partition coefficient (Wildman–Crippen LogP) is 2.60. The van der Waals surface area contributed by atoms with E-state index < -0.39 is 0 Å². The number of methoxy groups -OCH3 is 1. The number of hydrogen-bond donors (Lipinski definition) is 1.